The Morgan fingerprint density at radius 2 is 0.903 bits per heavy atom. The SMILES string of the molecule is [C-]#[N+]c1cc(C#N)cc(-c2ccc3c(c2)c2ccccc2n3-c2ccc([N+]#[C-])cc2-c2ccc(-c3ccc(C(F)(F)F)cc3[N+]#[C-])cc2-n2c3ccccc3c3cc(-c4cc(C#N)cc([N+]#[C-])c4)ccc32)c1. The van der Waals surface area contributed by atoms with Gasteiger partial charge in [-0.3, -0.25) is 0 Å². The molecule has 0 saturated carbocycles. The Hall–Kier alpha value is -10.7. The third-order valence-electron chi connectivity index (χ3n) is 13.0. The summed E-state index contributed by atoms with van der Waals surface area (Å²) in [4.78, 5) is 14.7. The molecule has 11 rings (SSSR count). The van der Waals surface area contributed by atoms with Crippen LogP contribution in [-0.4, -0.2) is 9.13 Å². The van der Waals surface area contributed by atoms with Gasteiger partial charge in [0.2, 0.25) is 0 Å². The number of alkyl halides is 3. The second kappa shape index (κ2) is 17.1. The summed E-state index contributed by atoms with van der Waals surface area (Å²) in [5.74, 6) is 0. The van der Waals surface area contributed by atoms with Gasteiger partial charge in [-0.2, -0.15) is 23.7 Å². The van der Waals surface area contributed by atoms with E-state index < -0.39 is 11.7 Å². The van der Waals surface area contributed by atoms with E-state index in [4.69, 9.17) is 26.3 Å². The molecule has 0 atom stereocenters. The van der Waals surface area contributed by atoms with Crippen molar-refractivity contribution in [1.29, 1.82) is 10.5 Å². The number of hydrogen-bond donors (Lipinski definition) is 0. The molecule has 334 valence electrons. The van der Waals surface area contributed by atoms with Gasteiger partial charge in [-0.15, -0.1) is 0 Å². The molecule has 72 heavy (non-hydrogen) atoms. The number of nitriles is 2. The molecule has 0 fully saturated rings. The number of nitrogens with zero attached hydrogens (tertiary/aromatic N) is 8. The largest absolute Gasteiger partial charge is 0.415 e. The summed E-state index contributed by atoms with van der Waals surface area (Å²) in [5, 5.41) is 23.2. The first-order valence-electron chi connectivity index (χ1n) is 22.2. The normalized spacial score (nSPS) is 11.2. The Morgan fingerprint density at radius 1 is 0.389 bits per heavy atom. The Kier molecular flexibility index (Phi) is 10.4. The molecule has 0 amide bonds. The first-order chi connectivity index (χ1) is 35.0. The van der Waals surface area contributed by atoms with Crippen molar-refractivity contribution in [2.75, 3.05) is 0 Å². The lowest BCUT2D eigenvalue weighted by molar-refractivity contribution is -0.137. The van der Waals surface area contributed by atoms with E-state index in [0.717, 1.165) is 78.1 Å². The first kappa shape index (κ1) is 43.9. The van der Waals surface area contributed by atoms with Gasteiger partial charge in [0.15, 0.2) is 22.7 Å². The van der Waals surface area contributed by atoms with E-state index >= 15 is 0 Å². The Bertz CT molecular complexity index is 4350. The minimum atomic E-state index is -4.66. The Morgan fingerprint density at radius 3 is 1.43 bits per heavy atom. The summed E-state index contributed by atoms with van der Waals surface area (Å²) in [7, 11) is 0. The van der Waals surface area contributed by atoms with E-state index in [1.165, 1.54) is 6.07 Å². The molecule has 8 nitrogen and oxygen atoms in total. The van der Waals surface area contributed by atoms with Crippen LogP contribution in [0.1, 0.15) is 16.7 Å². The summed E-state index contributed by atoms with van der Waals surface area (Å²) < 4.78 is 46.3. The van der Waals surface area contributed by atoms with Crippen LogP contribution in [0.25, 0.3) is 119 Å². The van der Waals surface area contributed by atoms with Gasteiger partial charge >= 0.3 is 6.18 Å². The first-order valence-corrected chi connectivity index (χ1v) is 22.2. The molecule has 2 heterocycles. The van der Waals surface area contributed by atoms with E-state index in [1.54, 1.807) is 48.5 Å². The number of halogens is 3. The van der Waals surface area contributed by atoms with Crippen LogP contribution in [0.15, 0.2) is 176 Å². The van der Waals surface area contributed by atoms with Crippen molar-refractivity contribution >= 4 is 66.4 Å². The Balaban J connectivity index is 1.20. The van der Waals surface area contributed by atoms with E-state index in [9.17, 15) is 23.7 Å². The van der Waals surface area contributed by atoms with Crippen LogP contribution in [0.2, 0.25) is 0 Å². The minimum absolute atomic E-state index is 0.168. The molecule has 0 bridgehead atoms. The molecule has 0 aliphatic rings. The van der Waals surface area contributed by atoms with Crippen LogP contribution in [0, 0.1) is 49.0 Å². The highest BCUT2D eigenvalue weighted by Crippen LogP contribution is 2.46. The zero-order valence-corrected chi connectivity index (χ0v) is 37.5. The van der Waals surface area contributed by atoms with Gasteiger partial charge in [-0.1, -0.05) is 78.9 Å². The highest BCUT2D eigenvalue weighted by atomic mass is 19.4. The van der Waals surface area contributed by atoms with Crippen LogP contribution in [-0.2, 0) is 6.18 Å². The van der Waals surface area contributed by atoms with Gasteiger partial charge in [0.25, 0.3) is 0 Å². The quantitative estimate of drug-likeness (QED) is 0.156. The third-order valence-corrected chi connectivity index (χ3v) is 13.0. The summed E-state index contributed by atoms with van der Waals surface area (Å²) in [5.41, 5.74) is 10.4. The maximum atomic E-state index is 14.0. The standard InChI is InChI=1S/C61H29F3N8/c1-67-44-17-22-59(71-55-11-7-5-9-48(55)51-29-38(14-20-57(51)71)41-23-36(34-65)25-45(27-41)68-2)53(33-44)50-18-13-40(47-19-16-43(61(62,63)64)32-54(47)70-4)31-60(50)72-56-12-8-6-10-49(56)52-30-39(15-21-58(52)72)42-24-37(35-66)26-46(28-42)69-3/h5-33H. The van der Waals surface area contributed by atoms with E-state index in [2.05, 4.69) is 46.7 Å². The molecule has 0 radical (unpaired) electrons. The number of fused-ring (bicyclic) bond motifs is 6. The molecular formula is C61H29F3N8. The van der Waals surface area contributed by atoms with Crippen LogP contribution < -0.4 is 0 Å². The van der Waals surface area contributed by atoms with Crippen LogP contribution in [0.5, 0.6) is 0 Å². The second-order valence-electron chi connectivity index (χ2n) is 17.0. The van der Waals surface area contributed by atoms with Crippen LogP contribution in [0.4, 0.5) is 35.9 Å². The fourth-order valence-corrected chi connectivity index (χ4v) is 9.80. The summed E-state index contributed by atoms with van der Waals surface area (Å²) in [6, 6.07) is 56.4. The maximum Gasteiger partial charge on any atom is 0.415 e. The number of rotatable bonds is 6. The molecule has 2 aromatic heterocycles. The number of benzene rings is 9. The highest BCUT2D eigenvalue weighted by molar-refractivity contribution is 6.13. The lowest BCUT2D eigenvalue weighted by Crippen LogP contribution is -2.04. The third kappa shape index (κ3) is 7.29. The van der Waals surface area contributed by atoms with Crippen LogP contribution in [0.3, 0.4) is 0 Å². The lowest BCUT2D eigenvalue weighted by atomic mass is 9.94. The smallest absolute Gasteiger partial charge is 0.309 e. The summed E-state index contributed by atoms with van der Waals surface area (Å²) in [6.07, 6.45) is -4.66. The molecule has 11 heteroatoms. The number of hydrogen-bond acceptors (Lipinski definition) is 2. The molecular weight excluding hydrogens is 902 g/mol. The second-order valence-corrected chi connectivity index (χ2v) is 17.0. The molecule has 0 spiro atoms. The van der Waals surface area contributed by atoms with Crippen molar-refractivity contribution in [3.8, 4) is 68.0 Å². The van der Waals surface area contributed by atoms with Crippen LogP contribution >= 0.6 is 0 Å². The molecule has 0 saturated heterocycles. The van der Waals surface area contributed by atoms with Crippen molar-refractivity contribution in [1.82, 2.24) is 9.13 Å². The molecule has 11 aromatic rings. The van der Waals surface area contributed by atoms with Crippen molar-refractivity contribution in [3.05, 3.63) is 238 Å². The van der Waals surface area contributed by atoms with Crippen molar-refractivity contribution < 1.29 is 13.2 Å². The van der Waals surface area contributed by atoms with Gasteiger partial charge in [-0.25, -0.2) is 19.4 Å². The summed E-state index contributed by atoms with van der Waals surface area (Å²) in [6.45, 7) is 31.6. The van der Waals surface area contributed by atoms with Crippen molar-refractivity contribution in [2.45, 2.75) is 6.18 Å². The Labute approximate surface area is 410 Å². The molecule has 0 aliphatic carbocycles. The van der Waals surface area contributed by atoms with Gasteiger partial charge in [-0.05, 0) is 136 Å². The fraction of sp³-hybridized carbons (Fsp3) is 0.0164. The van der Waals surface area contributed by atoms with Crippen molar-refractivity contribution in [3.63, 3.8) is 0 Å². The molecule has 9 aromatic carbocycles. The number of para-hydroxylation sites is 2. The molecule has 0 aliphatic heterocycles. The van der Waals surface area contributed by atoms with Gasteiger partial charge in [0, 0.05) is 43.8 Å². The van der Waals surface area contributed by atoms with Crippen molar-refractivity contribution in [2.24, 2.45) is 0 Å². The topological polar surface area (TPSA) is 74.9 Å². The number of aromatic nitrogens is 2. The maximum absolute atomic E-state index is 14.0. The molecule has 0 unspecified atom stereocenters. The highest BCUT2D eigenvalue weighted by Gasteiger charge is 2.31. The average Bonchev–Trinajstić information content (AvgIpc) is 3.93. The minimum Gasteiger partial charge on any atom is -0.309 e. The van der Waals surface area contributed by atoms with E-state index in [0.29, 0.717) is 61.7 Å². The predicted molar refractivity (Wildman–Crippen MR) is 276 cm³/mol. The summed E-state index contributed by atoms with van der Waals surface area (Å²) >= 11 is 0. The van der Waals surface area contributed by atoms with E-state index in [-0.39, 0.29) is 5.69 Å². The van der Waals surface area contributed by atoms with Gasteiger partial charge < -0.3 is 9.13 Å². The predicted octanol–water partition coefficient (Wildman–Crippen LogP) is 17.5. The van der Waals surface area contributed by atoms with Gasteiger partial charge in [0.1, 0.15) is 0 Å². The monoisotopic (exact) mass is 930 g/mol. The van der Waals surface area contributed by atoms with Gasteiger partial charge in [0.05, 0.1) is 71.9 Å². The lowest BCUT2D eigenvalue weighted by Gasteiger charge is -2.20. The zero-order valence-electron chi connectivity index (χ0n) is 37.5. The molecule has 0 N–H and O–H groups in total. The zero-order chi connectivity index (χ0) is 49.8. The van der Waals surface area contributed by atoms with E-state index in [1.807, 2.05) is 103 Å². The average molecular weight is 931 g/mol. The fourth-order valence-electron chi connectivity index (χ4n) is 9.80.